The highest BCUT2D eigenvalue weighted by Gasteiger charge is 2.32. The van der Waals surface area contributed by atoms with E-state index in [1.165, 1.54) is 25.7 Å². The number of hydrogen-bond acceptors (Lipinski definition) is 7. The molecule has 1 aliphatic rings. The lowest BCUT2D eigenvalue weighted by atomic mass is 9.75. The molecule has 1 aliphatic carbocycles. The van der Waals surface area contributed by atoms with Gasteiger partial charge in [-0.25, -0.2) is 15.1 Å². The van der Waals surface area contributed by atoms with Crippen LogP contribution in [-0.2, 0) is 9.59 Å². The topological polar surface area (TPSA) is 192 Å². The van der Waals surface area contributed by atoms with Gasteiger partial charge in [-0.1, -0.05) is 51.9 Å². The van der Waals surface area contributed by atoms with Crippen molar-refractivity contribution >= 4 is 24.9 Å². The fourth-order valence-electron chi connectivity index (χ4n) is 4.62. The summed E-state index contributed by atoms with van der Waals surface area (Å²) in [5, 5.41) is 34.5. The second-order valence-corrected chi connectivity index (χ2v) is 10.2. The van der Waals surface area contributed by atoms with E-state index in [-0.39, 0.29) is 36.7 Å². The Kier molecular flexibility index (Phi) is 15.0. The molecule has 7 N–H and O–H groups in total. The van der Waals surface area contributed by atoms with E-state index in [2.05, 4.69) is 22.5 Å². The third kappa shape index (κ3) is 13.1. The minimum Gasteiger partial charge on any atom is -0.426 e. The lowest BCUT2D eigenvalue weighted by molar-refractivity contribution is -0.525. The molecule has 0 unspecified atom stereocenters. The number of carbonyl (C=O) groups is 2. The first kappa shape index (κ1) is 31.6. The van der Waals surface area contributed by atoms with Crippen LogP contribution in [0.25, 0.3) is 0 Å². The summed E-state index contributed by atoms with van der Waals surface area (Å²) < 4.78 is 0. The maximum absolute atomic E-state index is 13.0. The molecular formula is C23H45BN6O6. The van der Waals surface area contributed by atoms with E-state index in [4.69, 9.17) is 5.73 Å². The van der Waals surface area contributed by atoms with Gasteiger partial charge in [0.05, 0.1) is 5.94 Å². The first-order valence-corrected chi connectivity index (χ1v) is 13.2. The molecule has 1 fully saturated rings. The minimum atomic E-state index is -1.73. The molecule has 0 aromatic carbocycles. The number of nitro groups is 1. The van der Waals surface area contributed by atoms with Crippen LogP contribution in [0.1, 0.15) is 91.4 Å². The molecule has 12 nitrogen and oxygen atoms in total. The van der Waals surface area contributed by atoms with Gasteiger partial charge < -0.3 is 26.4 Å². The van der Waals surface area contributed by atoms with Gasteiger partial charge in [0.25, 0.3) is 5.96 Å². The zero-order valence-corrected chi connectivity index (χ0v) is 21.9. The zero-order valence-electron chi connectivity index (χ0n) is 21.9. The normalized spacial score (nSPS) is 19.9. The van der Waals surface area contributed by atoms with Crippen LogP contribution in [0.4, 0.5) is 0 Å². The van der Waals surface area contributed by atoms with E-state index in [1.807, 2.05) is 13.8 Å². The summed E-state index contributed by atoms with van der Waals surface area (Å²) in [6.45, 7) is 6.11. The van der Waals surface area contributed by atoms with E-state index < -0.39 is 30.0 Å². The second kappa shape index (κ2) is 17.1. The molecule has 0 bridgehead atoms. The van der Waals surface area contributed by atoms with Crippen LogP contribution in [0, 0.1) is 27.9 Å². The SMILES string of the molecule is CCCCCC1CCC(C(=O)N[C@@H](CCCN=C(N)N[N+](=O)[O-])C(=O)N[C@@H](CC(C)C)B(O)O)CC1. The molecule has 0 spiro atoms. The molecule has 0 saturated heterocycles. The van der Waals surface area contributed by atoms with Gasteiger partial charge in [0.2, 0.25) is 11.8 Å². The molecule has 1 rings (SSSR count). The van der Waals surface area contributed by atoms with Crippen LogP contribution in [0.2, 0.25) is 0 Å². The highest BCUT2D eigenvalue weighted by molar-refractivity contribution is 6.43. The molecular weight excluding hydrogens is 467 g/mol. The largest absolute Gasteiger partial charge is 0.475 e. The zero-order chi connectivity index (χ0) is 27.1. The number of amides is 2. The third-order valence-electron chi connectivity index (χ3n) is 6.62. The van der Waals surface area contributed by atoms with Crippen molar-refractivity contribution < 1.29 is 24.7 Å². The van der Waals surface area contributed by atoms with Crippen molar-refractivity contribution in [1.29, 1.82) is 0 Å². The van der Waals surface area contributed by atoms with Crippen molar-refractivity contribution in [3.05, 3.63) is 10.1 Å². The van der Waals surface area contributed by atoms with Gasteiger partial charge in [-0.2, -0.15) is 0 Å². The predicted octanol–water partition coefficient (Wildman–Crippen LogP) is 1.28. The maximum Gasteiger partial charge on any atom is 0.475 e. The summed E-state index contributed by atoms with van der Waals surface area (Å²) in [5.41, 5.74) is 7.17. The lowest BCUT2D eigenvalue weighted by Crippen LogP contribution is -2.55. The summed E-state index contributed by atoms with van der Waals surface area (Å²) >= 11 is 0. The monoisotopic (exact) mass is 512 g/mol. The van der Waals surface area contributed by atoms with Gasteiger partial charge in [-0.15, -0.1) is 0 Å². The van der Waals surface area contributed by atoms with Gasteiger partial charge in [-0.3, -0.25) is 9.59 Å². The Morgan fingerprint density at radius 3 is 2.36 bits per heavy atom. The summed E-state index contributed by atoms with van der Waals surface area (Å²) in [7, 11) is -1.73. The number of rotatable bonds is 16. The first-order valence-electron chi connectivity index (χ1n) is 13.2. The van der Waals surface area contributed by atoms with Gasteiger partial charge in [0, 0.05) is 12.5 Å². The lowest BCUT2D eigenvalue weighted by Gasteiger charge is -2.30. The molecule has 206 valence electrons. The number of unbranched alkanes of at least 4 members (excludes halogenated alkanes) is 2. The Balaban J connectivity index is 2.75. The van der Waals surface area contributed by atoms with E-state index in [0.717, 1.165) is 25.7 Å². The van der Waals surface area contributed by atoms with E-state index in [0.29, 0.717) is 18.8 Å². The summed E-state index contributed by atoms with van der Waals surface area (Å²) in [4.78, 5) is 40.3. The molecule has 2 amide bonds. The Bertz CT molecular complexity index is 715. The molecule has 0 heterocycles. The highest BCUT2D eigenvalue weighted by Crippen LogP contribution is 2.32. The number of aliphatic imine (C=N–C) groups is 1. The molecule has 36 heavy (non-hydrogen) atoms. The van der Waals surface area contributed by atoms with Crippen LogP contribution >= 0.6 is 0 Å². The quantitative estimate of drug-likeness (QED) is 0.0445. The Labute approximate surface area is 214 Å². The number of carbonyl (C=O) groups excluding carboxylic acids is 2. The van der Waals surface area contributed by atoms with Crippen molar-refractivity contribution in [2.45, 2.75) is 103 Å². The fourth-order valence-corrected chi connectivity index (χ4v) is 4.62. The van der Waals surface area contributed by atoms with Crippen molar-refractivity contribution in [1.82, 2.24) is 16.1 Å². The van der Waals surface area contributed by atoms with Crippen LogP contribution in [0.3, 0.4) is 0 Å². The maximum atomic E-state index is 13.0. The Morgan fingerprint density at radius 2 is 1.81 bits per heavy atom. The summed E-state index contributed by atoms with van der Waals surface area (Å²) in [6.07, 6.45) is 9.33. The summed E-state index contributed by atoms with van der Waals surface area (Å²) in [5.74, 6) is -1.28. The van der Waals surface area contributed by atoms with Crippen molar-refractivity contribution in [3.63, 3.8) is 0 Å². The predicted molar refractivity (Wildman–Crippen MR) is 139 cm³/mol. The van der Waals surface area contributed by atoms with E-state index in [1.54, 1.807) is 5.43 Å². The van der Waals surface area contributed by atoms with Crippen molar-refractivity contribution in [3.8, 4) is 0 Å². The number of nitrogens with one attached hydrogen (secondary N) is 3. The standard InChI is InChI=1S/C23H45BN6O6/c1-4-5-6-8-17-10-12-18(13-11-17)21(31)27-19(9-7-14-26-23(25)29-30(35)36)22(32)28-20(24(33)34)15-16(2)3/h16-20,33-34H,4-15H2,1-3H3,(H,27,31)(H,28,32)(H3,25,26,29)/t17?,18?,19-,20-/m0/s1. The summed E-state index contributed by atoms with van der Waals surface area (Å²) in [6, 6.07) is -0.895. The third-order valence-corrected chi connectivity index (χ3v) is 6.62. The molecule has 0 radical (unpaired) electrons. The molecule has 1 saturated carbocycles. The van der Waals surface area contributed by atoms with Gasteiger partial charge in [0.1, 0.15) is 6.04 Å². The highest BCUT2D eigenvalue weighted by atomic mass is 16.7. The number of nitrogens with two attached hydrogens (primary N) is 1. The van der Waals surface area contributed by atoms with E-state index >= 15 is 0 Å². The van der Waals surface area contributed by atoms with Crippen LogP contribution in [-0.4, -0.2) is 58.5 Å². The molecule has 13 heteroatoms. The number of hydrazine groups is 1. The molecule has 2 atom stereocenters. The first-order chi connectivity index (χ1) is 17.0. The van der Waals surface area contributed by atoms with Crippen LogP contribution in [0.15, 0.2) is 4.99 Å². The minimum absolute atomic E-state index is 0.115. The average molecular weight is 512 g/mol. The van der Waals surface area contributed by atoms with Crippen LogP contribution < -0.4 is 21.8 Å². The van der Waals surface area contributed by atoms with Gasteiger partial charge >= 0.3 is 7.12 Å². The van der Waals surface area contributed by atoms with Gasteiger partial charge in [0.15, 0.2) is 5.03 Å². The second-order valence-electron chi connectivity index (χ2n) is 10.2. The average Bonchev–Trinajstić information content (AvgIpc) is 2.80. The number of nitrogens with zero attached hydrogens (tertiary/aromatic N) is 2. The number of hydrogen-bond donors (Lipinski definition) is 6. The van der Waals surface area contributed by atoms with Crippen molar-refractivity contribution in [2.75, 3.05) is 6.54 Å². The fraction of sp³-hybridized carbons (Fsp3) is 0.870. The number of guanidine groups is 1. The molecule has 0 aromatic heterocycles. The van der Waals surface area contributed by atoms with Gasteiger partial charge in [-0.05, 0) is 56.8 Å². The van der Waals surface area contributed by atoms with E-state index in [9.17, 15) is 29.8 Å². The van der Waals surface area contributed by atoms with Crippen LogP contribution in [0.5, 0.6) is 0 Å². The van der Waals surface area contributed by atoms with Crippen molar-refractivity contribution in [2.24, 2.45) is 28.5 Å². The Hall–Kier alpha value is -2.41. The molecule has 0 aliphatic heterocycles. The molecule has 0 aromatic rings. The smallest absolute Gasteiger partial charge is 0.426 e. The Morgan fingerprint density at radius 1 is 1.14 bits per heavy atom.